The van der Waals surface area contributed by atoms with E-state index in [1.807, 2.05) is 0 Å². The molecular formula is C9H15N5O2. The fraction of sp³-hybridized carbons (Fsp3) is 0.667. The summed E-state index contributed by atoms with van der Waals surface area (Å²) in [5, 5.41) is 19.2. The number of carboxylic acid groups (broad SMARTS) is 1. The summed E-state index contributed by atoms with van der Waals surface area (Å²) in [6.07, 6.45) is 1.74. The van der Waals surface area contributed by atoms with Crippen molar-refractivity contribution in [3.05, 3.63) is 12.2 Å². The fourth-order valence-electron chi connectivity index (χ4n) is 1.76. The lowest BCUT2D eigenvalue weighted by Gasteiger charge is -2.42. The van der Waals surface area contributed by atoms with E-state index in [-0.39, 0.29) is 12.0 Å². The Kier molecular flexibility index (Phi) is 2.88. The van der Waals surface area contributed by atoms with Crippen molar-refractivity contribution in [2.75, 3.05) is 13.1 Å². The predicted molar refractivity (Wildman–Crippen MR) is 55.7 cm³/mol. The van der Waals surface area contributed by atoms with E-state index >= 15 is 0 Å². The van der Waals surface area contributed by atoms with Crippen molar-refractivity contribution in [1.29, 1.82) is 0 Å². The van der Waals surface area contributed by atoms with Crippen LogP contribution in [0.4, 0.5) is 0 Å². The lowest BCUT2D eigenvalue weighted by molar-refractivity contribution is -0.139. The van der Waals surface area contributed by atoms with Gasteiger partial charge in [0.1, 0.15) is 6.33 Å². The van der Waals surface area contributed by atoms with Gasteiger partial charge in [0.15, 0.2) is 5.82 Å². The SMILES string of the molecule is Cn1cnc(CNC2(CC(=O)O)CNC2)n1. The van der Waals surface area contributed by atoms with Crippen LogP contribution in [0, 0.1) is 0 Å². The zero-order chi connectivity index (χ0) is 11.6. The van der Waals surface area contributed by atoms with Gasteiger partial charge in [-0.25, -0.2) is 4.98 Å². The number of rotatable bonds is 5. The summed E-state index contributed by atoms with van der Waals surface area (Å²) >= 11 is 0. The highest BCUT2D eigenvalue weighted by Crippen LogP contribution is 2.16. The standard InChI is InChI=1S/C9H15N5O2/c1-14-6-11-7(13-14)3-12-9(2-8(15)16)4-10-5-9/h6,10,12H,2-5H2,1H3,(H,15,16). The van der Waals surface area contributed by atoms with Gasteiger partial charge in [0.25, 0.3) is 0 Å². The molecule has 88 valence electrons. The molecule has 0 aliphatic carbocycles. The maximum absolute atomic E-state index is 10.7. The maximum atomic E-state index is 10.7. The summed E-state index contributed by atoms with van der Waals surface area (Å²) in [6.45, 7) is 1.84. The van der Waals surface area contributed by atoms with Crippen molar-refractivity contribution in [2.45, 2.75) is 18.5 Å². The highest BCUT2D eigenvalue weighted by molar-refractivity contribution is 5.68. The molecule has 0 spiro atoms. The Balaban J connectivity index is 1.90. The smallest absolute Gasteiger partial charge is 0.305 e. The van der Waals surface area contributed by atoms with Crippen LogP contribution in [0.5, 0.6) is 0 Å². The van der Waals surface area contributed by atoms with Gasteiger partial charge in [-0.15, -0.1) is 0 Å². The van der Waals surface area contributed by atoms with Crippen LogP contribution in [-0.2, 0) is 18.4 Å². The molecule has 1 saturated heterocycles. The summed E-state index contributed by atoms with van der Waals surface area (Å²) < 4.78 is 1.62. The summed E-state index contributed by atoms with van der Waals surface area (Å²) in [7, 11) is 1.80. The molecule has 1 aliphatic heterocycles. The second kappa shape index (κ2) is 4.18. The number of carbonyl (C=O) groups is 1. The molecule has 0 radical (unpaired) electrons. The molecular weight excluding hydrogens is 210 g/mol. The van der Waals surface area contributed by atoms with E-state index in [9.17, 15) is 4.79 Å². The van der Waals surface area contributed by atoms with E-state index in [0.29, 0.717) is 25.5 Å². The van der Waals surface area contributed by atoms with Gasteiger partial charge in [-0.1, -0.05) is 0 Å². The van der Waals surface area contributed by atoms with E-state index < -0.39 is 5.97 Å². The van der Waals surface area contributed by atoms with Crippen molar-refractivity contribution in [1.82, 2.24) is 25.4 Å². The molecule has 0 unspecified atom stereocenters. The number of aryl methyl sites for hydroxylation is 1. The second-order valence-corrected chi connectivity index (χ2v) is 4.14. The third-order valence-corrected chi connectivity index (χ3v) is 2.68. The first kappa shape index (κ1) is 11.0. The Hall–Kier alpha value is -1.47. The molecule has 2 heterocycles. The predicted octanol–water partition coefficient (Wildman–Crippen LogP) is -1.28. The average Bonchev–Trinajstić information content (AvgIpc) is 2.55. The summed E-state index contributed by atoms with van der Waals surface area (Å²) in [6, 6.07) is 0. The van der Waals surface area contributed by atoms with Crippen LogP contribution in [0.25, 0.3) is 0 Å². The first-order valence-electron chi connectivity index (χ1n) is 5.12. The second-order valence-electron chi connectivity index (χ2n) is 4.14. The Bertz CT molecular complexity index is 385. The Morgan fingerprint density at radius 3 is 2.94 bits per heavy atom. The Morgan fingerprint density at radius 1 is 1.75 bits per heavy atom. The number of nitrogens with zero attached hydrogens (tertiary/aromatic N) is 3. The molecule has 1 fully saturated rings. The molecule has 16 heavy (non-hydrogen) atoms. The average molecular weight is 225 g/mol. The lowest BCUT2D eigenvalue weighted by Crippen LogP contribution is -2.68. The first-order chi connectivity index (χ1) is 7.60. The van der Waals surface area contributed by atoms with Crippen molar-refractivity contribution in [3.8, 4) is 0 Å². The third kappa shape index (κ3) is 2.37. The van der Waals surface area contributed by atoms with E-state index in [1.54, 1.807) is 18.1 Å². The molecule has 7 heteroatoms. The minimum absolute atomic E-state index is 0.118. The molecule has 1 aromatic rings. The molecule has 0 aromatic carbocycles. The summed E-state index contributed by atoms with van der Waals surface area (Å²) in [5.74, 6) is -0.109. The minimum atomic E-state index is -0.789. The van der Waals surface area contributed by atoms with Crippen LogP contribution < -0.4 is 10.6 Å². The van der Waals surface area contributed by atoms with E-state index in [2.05, 4.69) is 20.7 Å². The molecule has 3 N–H and O–H groups in total. The van der Waals surface area contributed by atoms with Gasteiger partial charge in [-0.05, 0) is 0 Å². The van der Waals surface area contributed by atoms with E-state index in [4.69, 9.17) is 5.11 Å². The van der Waals surface area contributed by atoms with Gasteiger partial charge in [0.05, 0.1) is 18.5 Å². The summed E-state index contributed by atoms with van der Waals surface area (Å²) in [5.41, 5.74) is -0.342. The third-order valence-electron chi connectivity index (χ3n) is 2.68. The van der Waals surface area contributed by atoms with E-state index in [0.717, 1.165) is 0 Å². The lowest BCUT2D eigenvalue weighted by atomic mass is 9.88. The number of hydrogen-bond acceptors (Lipinski definition) is 5. The van der Waals surface area contributed by atoms with Gasteiger partial charge in [0, 0.05) is 20.1 Å². The van der Waals surface area contributed by atoms with Gasteiger partial charge in [0.2, 0.25) is 0 Å². The fourth-order valence-corrected chi connectivity index (χ4v) is 1.76. The van der Waals surface area contributed by atoms with Crippen LogP contribution in [0.2, 0.25) is 0 Å². The zero-order valence-corrected chi connectivity index (χ0v) is 9.10. The topological polar surface area (TPSA) is 92.1 Å². The highest BCUT2D eigenvalue weighted by atomic mass is 16.4. The van der Waals surface area contributed by atoms with Crippen molar-refractivity contribution < 1.29 is 9.90 Å². The van der Waals surface area contributed by atoms with Gasteiger partial charge in [-0.2, -0.15) is 5.10 Å². The van der Waals surface area contributed by atoms with Crippen molar-refractivity contribution >= 4 is 5.97 Å². The minimum Gasteiger partial charge on any atom is -0.481 e. The Morgan fingerprint density at radius 2 is 2.50 bits per heavy atom. The zero-order valence-electron chi connectivity index (χ0n) is 9.10. The molecule has 1 aliphatic rings. The monoisotopic (exact) mass is 225 g/mol. The van der Waals surface area contributed by atoms with Crippen molar-refractivity contribution in [3.63, 3.8) is 0 Å². The van der Waals surface area contributed by atoms with Gasteiger partial charge < -0.3 is 15.7 Å². The number of aliphatic carboxylic acids is 1. The van der Waals surface area contributed by atoms with Crippen LogP contribution >= 0.6 is 0 Å². The van der Waals surface area contributed by atoms with E-state index in [1.165, 1.54) is 0 Å². The van der Waals surface area contributed by atoms with Crippen LogP contribution in [0.1, 0.15) is 12.2 Å². The molecule has 0 bridgehead atoms. The molecule has 2 rings (SSSR count). The molecule has 0 amide bonds. The number of aromatic nitrogens is 3. The molecule has 1 aromatic heterocycles. The highest BCUT2D eigenvalue weighted by Gasteiger charge is 2.38. The molecule has 0 atom stereocenters. The Labute approximate surface area is 92.9 Å². The largest absolute Gasteiger partial charge is 0.481 e. The number of carboxylic acids is 1. The quantitative estimate of drug-likeness (QED) is 0.578. The van der Waals surface area contributed by atoms with Crippen LogP contribution in [0.15, 0.2) is 6.33 Å². The van der Waals surface area contributed by atoms with Gasteiger partial charge >= 0.3 is 5.97 Å². The number of hydrogen-bond donors (Lipinski definition) is 3. The maximum Gasteiger partial charge on any atom is 0.305 e. The summed E-state index contributed by atoms with van der Waals surface area (Å²) in [4.78, 5) is 14.8. The van der Waals surface area contributed by atoms with Crippen LogP contribution in [-0.4, -0.2) is 44.5 Å². The normalized spacial score (nSPS) is 18.1. The van der Waals surface area contributed by atoms with Gasteiger partial charge in [-0.3, -0.25) is 9.48 Å². The molecule has 7 nitrogen and oxygen atoms in total. The van der Waals surface area contributed by atoms with Crippen molar-refractivity contribution in [2.24, 2.45) is 7.05 Å². The van der Waals surface area contributed by atoms with Crippen LogP contribution in [0.3, 0.4) is 0 Å². The first-order valence-corrected chi connectivity index (χ1v) is 5.12. The number of nitrogens with one attached hydrogen (secondary N) is 2. The molecule has 0 saturated carbocycles.